The minimum Gasteiger partial charge on any atom is -0.294 e. The Kier molecular flexibility index (Phi) is 2.71. The molecule has 18 heavy (non-hydrogen) atoms. The van der Waals surface area contributed by atoms with Crippen molar-refractivity contribution in [2.75, 3.05) is 0 Å². The quantitative estimate of drug-likeness (QED) is 0.709. The molecular weight excluding hydrogens is 247 g/mol. The number of fused-ring (bicyclic) bond motifs is 2. The number of ketones is 1. The minimum absolute atomic E-state index is 0.0126. The molecule has 0 amide bonds. The monoisotopic (exact) mass is 258 g/mol. The zero-order valence-corrected chi connectivity index (χ0v) is 10.7. The predicted molar refractivity (Wildman–Crippen MR) is 69.7 cm³/mol. The van der Waals surface area contributed by atoms with Crippen LogP contribution in [0.2, 0.25) is 0 Å². The van der Waals surface area contributed by atoms with Crippen LogP contribution in [0.15, 0.2) is 46.2 Å². The number of benzene rings is 2. The molecule has 1 heterocycles. The average molecular weight is 258 g/mol. The van der Waals surface area contributed by atoms with Gasteiger partial charge >= 0.3 is 0 Å². The van der Waals surface area contributed by atoms with Crippen LogP contribution in [0.25, 0.3) is 0 Å². The Labute approximate surface area is 109 Å². The Balaban J connectivity index is 2.16. The van der Waals surface area contributed by atoms with Gasteiger partial charge < -0.3 is 0 Å². The summed E-state index contributed by atoms with van der Waals surface area (Å²) >= 11 is 1.54. The van der Waals surface area contributed by atoms with Crippen molar-refractivity contribution in [2.45, 2.75) is 23.1 Å². The van der Waals surface area contributed by atoms with E-state index in [2.05, 4.69) is 0 Å². The molecule has 1 aliphatic heterocycles. The number of hydrogen-bond donors (Lipinski definition) is 0. The fraction of sp³-hybridized carbons (Fsp3) is 0.133. The summed E-state index contributed by atoms with van der Waals surface area (Å²) in [6, 6.07) is 10.5. The summed E-state index contributed by atoms with van der Waals surface area (Å²) in [6.45, 7) is 2.01. The Morgan fingerprint density at radius 1 is 1.11 bits per heavy atom. The van der Waals surface area contributed by atoms with Gasteiger partial charge in [-0.05, 0) is 36.8 Å². The highest BCUT2D eigenvalue weighted by Gasteiger charge is 2.20. The maximum absolute atomic E-state index is 13.2. The highest BCUT2D eigenvalue weighted by molar-refractivity contribution is 7.99. The molecule has 0 atom stereocenters. The third kappa shape index (κ3) is 1.95. The van der Waals surface area contributed by atoms with Crippen molar-refractivity contribution < 1.29 is 9.18 Å². The molecule has 0 N–H and O–H groups in total. The van der Waals surface area contributed by atoms with Gasteiger partial charge in [0, 0.05) is 21.8 Å². The molecule has 1 nitrogen and oxygen atoms in total. The van der Waals surface area contributed by atoms with Gasteiger partial charge in [-0.3, -0.25) is 4.79 Å². The van der Waals surface area contributed by atoms with Gasteiger partial charge in [0.1, 0.15) is 5.82 Å². The SMILES string of the molecule is Cc1ccc2c(c1)CC(=O)c1cc(F)ccc1S2. The van der Waals surface area contributed by atoms with Crippen LogP contribution in [0, 0.1) is 12.7 Å². The van der Waals surface area contributed by atoms with Gasteiger partial charge in [-0.15, -0.1) is 0 Å². The first kappa shape index (κ1) is 11.5. The van der Waals surface area contributed by atoms with Crippen LogP contribution in [0.5, 0.6) is 0 Å². The third-order valence-corrected chi connectivity index (χ3v) is 4.22. The summed E-state index contributed by atoms with van der Waals surface area (Å²) in [4.78, 5) is 14.1. The lowest BCUT2D eigenvalue weighted by Gasteiger charge is -2.05. The summed E-state index contributed by atoms with van der Waals surface area (Å²) in [6.07, 6.45) is 0.348. The second kappa shape index (κ2) is 4.25. The standard InChI is InChI=1S/C15H11FOS/c1-9-2-4-14-10(6-9)7-13(17)12-8-11(16)3-5-15(12)18-14/h2-6,8H,7H2,1H3. The van der Waals surface area contributed by atoms with E-state index in [1.165, 1.54) is 23.9 Å². The zero-order valence-electron chi connectivity index (χ0n) is 9.87. The number of rotatable bonds is 0. The van der Waals surface area contributed by atoms with Crippen LogP contribution in [0.3, 0.4) is 0 Å². The van der Waals surface area contributed by atoms with Crippen molar-refractivity contribution in [3.05, 3.63) is 58.9 Å². The Morgan fingerprint density at radius 3 is 2.72 bits per heavy atom. The number of aryl methyl sites for hydroxylation is 1. The first-order valence-corrected chi connectivity index (χ1v) is 6.55. The van der Waals surface area contributed by atoms with Gasteiger partial charge in [0.05, 0.1) is 0 Å². The fourth-order valence-electron chi connectivity index (χ4n) is 2.14. The van der Waals surface area contributed by atoms with Gasteiger partial charge in [-0.25, -0.2) is 4.39 Å². The predicted octanol–water partition coefficient (Wildman–Crippen LogP) is 4.02. The number of halogens is 1. The summed E-state index contributed by atoms with van der Waals surface area (Å²) in [5, 5.41) is 0. The Hall–Kier alpha value is -1.61. The van der Waals surface area contributed by atoms with Crippen molar-refractivity contribution in [1.82, 2.24) is 0 Å². The lowest BCUT2D eigenvalue weighted by Crippen LogP contribution is -2.03. The van der Waals surface area contributed by atoms with E-state index in [0.29, 0.717) is 12.0 Å². The highest BCUT2D eigenvalue weighted by Crippen LogP contribution is 2.37. The van der Waals surface area contributed by atoms with Crippen LogP contribution in [-0.2, 0) is 6.42 Å². The number of Topliss-reactive ketones (excluding diaryl/α,β-unsaturated/α-hetero) is 1. The third-order valence-electron chi connectivity index (χ3n) is 3.03. The van der Waals surface area contributed by atoms with Crippen molar-refractivity contribution in [2.24, 2.45) is 0 Å². The maximum Gasteiger partial charge on any atom is 0.168 e. The molecule has 0 radical (unpaired) electrons. The zero-order chi connectivity index (χ0) is 12.7. The second-order valence-corrected chi connectivity index (χ2v) is 5.54. The van der Waals surface area contributed by atoms with E-state index in [1.54, 1.807) is 6.07 Å². The lowest BCUT2D eigenvalue weighted by molar-refractivity contribution is 0.0989. The molecular formula is C15H11FOS. The molecule has 90 valence electrons. The average Bonchev–Trinajstić information content (AvgIpc) is 2.46. The summed E-state index contributed by atoms with van der Waals surface area (Å²) in [7, 11) is 0. The van der Waals surface area contributed by atoms with E-state index in [4.69, 9.17) is 0 Å². The van der Waals surface area contributed by atoms with Crippen LogP contribution in [0.4, 0.5) is 4.39 Å². The molecule has 0 unspecified atom stereocenters. The van der Waals surface area contributed by atoms with Crippen molar-refractivity contribution >= 4 is 17.5 Å². The lowest BCUT2D eigenvalue weighted by atomic mass is 10.0. The van der Waals surface area contributed by atoms with E-state index in [1.807, 2.05) is 25.1 Å². The number of carbonyl (C=O) groups is 1. The van der Waals surface area contributed by atoms with E-state index < -0.39 is 0 Å². The molecule has 0 saturated heterocycles. The first-order valence-electron chi connectivity index (χ1n) is 5.73. The van der Waals surface area contributed by atoms with Gasteiger partial charge in [0.15, 0.2) is 5.78 Å². The normalized spacial score (nSPS) is 13.8. The van der Waals surface area contributed by atoms with Gasteiger partial charge in [-0.1, -0.05) is 29.5 Å². The second-order valence-electron chi connectivity index (χ2n) is 4.45. The van der Waals surface area contributed by atoms with E-state index >= 15 is 0 Å². The highest BCUT2D eigenvalue weighted by atomic mass is 32.2. The first-order chi connectivity index (χ1) is 8.63. The molecule has 2 aromatic carbocycles. The number of carbonyl (C=O) groups excluding carboxylic acids is 1. The molecule has 0 spiro atoms. The summed E-state index contributed by atoms with van der Waals surface area (Å²) in [5.74, 6) is -0.369. The molecule has 1 aliphatic rings. The summed E-state index contributed by atoms with van der Waals surface area (Å²) < 4.78 is 13.2. The van der Waals surface area contributed by atoms with Gasteiger partial charge in [0.25, 0.3) is 0 Å². The molecule has 0 bridgehead atoms. The largest absolute Gasteiger partial charge is 0.294 e. The number of hydrogen-bond acceptors (Lipinski definition) is 2. The topological polar surface area (TPSA) is 17.1 Å². The minimum atomic E-state index is -0.357. The van der Waals surface area contributed by atoms with Crippen LogP contribution < -0.4 is 0 Å². The van der Waals surface area contributed by atoms with Gasteiger partial charge in [0.2, 0.25) is 0 Å². The molecule has 2 aromatic rings. The maximum atomic E-state index is 13.2. The smallest absolute Gasteiger partial charge is 0.168 e. The molecule has 0 saturated carbocycles. The molecule has 3 rings (SSSR count). The Bertz CT molecular complexity index is 649. The van der Waals surface area contributed by atoms with E-state index in [0.717, 1.165) is 20.9 Å². The van der Waals surface area contributed by atoms with Crippen LogP contribution in [0.1, 0.15) is 21.5 Å². The van der Waals surface area contributed by atoms with E-state index in [9.17, 15) is 9.18 Å². The van der Waals surface area contributed by atoms with Crippen molar-refractivity contribution in [1.29, 1.82) is 0 Å². The fourth-order valence-corrected chi connectivity index (χ4v) is 3.20. The Morgan fingerprint density at radius 2 is 1.89 bits per heavy atom. The van der Waals surface area contributed by atoms with Gasteiger partial charge in [-0.2, -0.15) is 0 Å². The van der Waals surface area contributed by atoms with Crippen LogP contribution >= 0.6 is 11.8 Å². The van der Waals surface area contributed by atoms with Crippen molar-refractivity contribution in [3.8, 4) is 0 Å². The summed E-state index contributed by atoms with van der Waals surface area (Å²) in [5.41, 5.74) is 2.66. The van der Waals surface area contributed by atoms with Crippen LogP contribution in [-0.4, -0.2) is 5.78 Å². The molecule has 3 heteroatoms. The van der Waals surface area contributed by atoms with E-state index in [-0.39, 0.29) is 11.6 Å². The molecule has 0 fully saturated rings. The molecule has 0 aliphatic carbocycles. The van der Waals surface area contributed by atoms with Crippen molar-refractivity contribution in [3.63, 3.8) is 0 Å². The molecule has 0 aromatic heterocycles.